The molecule has 35 heavy (non-hydrogen) atoms. The Hall–Kier alpha value is -3.85. The number of H-pyrrole nitrogens is 1. The summed E-state index contributed by atoms with van der Waals surface area (Å²) in [7, 11) is 1.61. The first-order valence-corrected chi connectivity index (χ1v) is 12.0. The van der Waals surface area contributed by atoms with E-state index < -0.39 is 0 Å². The Balaban J connectivity index is 1.55. The van der Waals surface area contributed by atoms with E-state index >= 15 is 0 Å². The van der Waals surface area contributed by atoms with Gasteiger partial charge in [0.15, 0.2) is 22.5 Å². The summed E-state index contributed by atoms with van der Waals surface area (Å²) < 4.78 is 13.0. The van der Waals surface area contributed by atoms with Crippen LogP contribution in [0, 0.1) is 13.8 Å². The molecule has 2 aromatic carbocycles. The molecule has 4 rings (SSSR count). The number of thioether (sulfide) groups is 1. The van der Waals surface area contributed by atoms with Crippen LogP contribution in [0.25, 0.3) is 5.69 Å². The topological polar surface area (TPSA) is 99.1 Å². The number of aryl methyl sites for hydroxylation is 1. The molecule has 0 amide bonds. The van der Waals surface area contributed by atoms with Crippen LogP contribution in [0.5, 0.6) is 11.5 Å². The van der Waals surface area contributed by atoms with E-state index in [4.69, 9.17) is 9.47 Å². The smallest absolute Gasteiger partial charge is 0.196 e. The molecule has 0 aliphatic carbocycles. The third-order valence-corrected chi connectivity index (χ3v) is 6.47. The first-order valence-electron chi connectivity index (χ1n) is 11.0. The van der Waals surface area contributed by atoms with Crippen LogP contribution in [0.1, 0.15) is 44.9 Å². The number of benzene rings is 2. The molecule has 4 aromatic rings. The fourth-order valence-electron chi connectivity index (χ4n) is 3.90. The van der Waals surface area contributed by atoms with Gasteiger partial charge in [-0.1, -0.05) is 30.0 Å². The fourth-order valence-corrected chi connectivity index (χ4v) is 4.75. The quantitative estimate of drug-likeness (QED) is 0.247. The zero-order valence-corrected chi connectivity index (χ0v) is 20.8. The molecule has 0 saturated carbocycles. The average Bonchev–Trinajstić information content (AvgIpc) is 3.41. The molecule has 2 aromatic heterocycles. The van der Waals surface area contributed by atoms with Gasteiger partial charge in [-0.2, -0.15) is 0 Å². The lowest BCUT2D eigenvalue weighted by Crippen LogP contribution is -2.09. The molecule has 9 heteroatoms. The maximum absolute atomic E-state index is 13.0. The highest BCUT2D eigenvalue weighted by atomic mass is 32.2. The molecule has 0 bridgehead atoms. The van der Waals surface area contributed by atoms with Gasteiger partial charge in [0.1, 0.15) is 18.1 Å². The maximum Gasteiger partial charge on any atom is 0.196 e. The summed E-state index contributed by atoms with van der Waals surface area (Å²) in [4.78, 5) is 28.0. The SMILES string of the molecule is COc1ccc(OCc2nnc(SCC(=O)c3[nH]c(C)c(C(C)=O)c3C)n2-c2ccccc2)cc1. The van der Waals surface area contributed by atoms with Gasteiger partial charge in [0.05, 0.1) is 18.6 Å². The normalized spacial score (nSPS) is 10.9. The number of ether oxygens (including phenoxy) is 2. The summed E-state index contributed by atoms with van der Waals surface area (Å²) in [6.45, 7) is 5.29. The first-order chi connectivity index (χ1) is 16.9. The van der Waals surface area contributed by atoms with Crippen LogP contribution in [0.4, 0.5) is 0 Å². The van der Waals surface area contributed by atoms with Gasteiger partial charge in [0.2, 0.25) is 0 Å². The van der Waals surface area contributed by atoms with E-state index in [0.717, 1.165) is 11.4 Å². The summed E-state index contributed by atoms with van der Waals surface area (Å²) in [5.41, 5.74) is 3.27. The van der Waals surface area contributed by atoms with Gasteiger partial charge in [0, 0.05) is 16.9 Å². The number of ketones is 2. The van der Waals surface area contributed by atoms with Crippen molar-refractivity contribution >= 4 is 23.3 Å². The van der Waals surface area contributed by atoms with E-state index in [1.54, 1.807) is 21.0 Å². The second kappa shape index (κ2) is 10.6. The molecular weight excluding hydrogens is 464 g/mol. The summed E-state index contributed by atoms with van der Waals surface area (Å²) in [5.74, 6) is 2.00. The van der Waals surface area contributed by atoms with E-state index in [0.29, 0.717) is 39.2 Å². The highest BCUT2D eigenvalue weighted by Gasteiger charge is 2.22. The molecule has 8 nitrogen and oxygen atoms in total. The van der Waals surface area contributed by atoms with Crippen molar-refractivity contribution in [1.82, 2.24) is 19.7 Å². The molecule has 0 radical (unpaired) electrons. The molecule has 0 atom stereocenters. The Bertz CT molecular complexity index is 1340. The van der Waals surface area contributed by atoms with Gasteiger partial charge in [-0.25, -0.2) is 0 Å². The molecule has 0 spiro atoms. The summed E-state index contributed by atoms with van der Waals surface area (Å²) in [6, 6.07) is 17.0. The molecule has 0 aliphatic heterocycles. The van der Waals surface area contributed by atoms with E-state index in [1.165, 1.54) is 18.7 Å². The molecule has 180 valence electrons. The van der Waals surface area contributed by atoms with Crippen molar-refractivity contribution < 1.29 is 19.1 Å². The number of carbonyl (C=O) groups is 2. The van der Waals surface area contributed by atoms with Gasteiger partial charge >= 0.3 is 0 Å². The zero-order chi connectivity index (χ0) is 24.9. The summed E-state index contributed by atoms with van der Waals surface area (Å²) in [5, 5.41) is 9.23. The van der Waals surface area contributed by atoms with E-state index in [2.05, 4.69) is 15.2 Å². The van der Waals surface area contributed by atoms with Crippen LogP contribution in [-0.2, 0) is 6.61 Å². The number of aromatic amines is 1. The molecule has 0 unspecified atom stereocenters. The van der Waals surface area contributed by atoms with Gasteiger partial charge in [-0.15, -0.1) is 10.2 Å². The van der Waals surface area contributed by atoms with E-state index in [9.17, 15) is 9.59 Å². The Morgan fingerprint density at radius 1 is 1.00 bits per heavy atom. The number of hydrogen-bond acceptors (Lipinski definition) is 7. The van der Waals surface area contributed by atoms with Gasteiger partial charge in [-0.05, 0) is 62.7 Å². The highest BCUT2D eigenvalue weighted by Crippen LogP contribution is 2.26. The van der Waals surface area contributed by atoms with Crippen molar-refractivity contribution in [2.45, 2.75) is 32.5 Å². The van der Waals surface area contributed by atoms with Gasteiger partial charge in [0.25, 0.3) is 0 Å². The fraction of sp³-hybridized carbons (Fsp3) is 0.231. The number of hydrogen-bond donors (Lipinski definition) is 1. The number of methoxy groups -OCH3 is 1. The number of para-hydroxylation sites is 1. The lowest BCUT2D eigenvalue weighted by Gasteiger charge is -2.11. The number of rotatable bonds is 10. The second-order valence-electron chi connectivity index (χ2n) is 7.93. The molecule has 2 heterocycles. The number of Topliss-reactive ketones (excluding diaryl/α,β-unsaturated/α-hetero) is 2. The third-order valence-electron chi connectivity index (χ3n) is 5.54. The summed E-state index contributed by atoms with van der Waals surface area (Å²) >= 11 is 1.29. The predicted octanol–water partition coefficient (Wildman–Crippen LogP) is 4.98. The number of aromatic nitrogens is 4. The van der Waals surface area contributed by atoms with Crippen molar-refractivity contribution in [3.63, 3.8) is 0 Å². The van der Waals surface area contributed by atoms with Crippen molar-refractivity contribution in [3.8, 4) is 17.2 Å². The van der Waals surface area contributed by atoms with Crippen LogP contribution in [0.3, 0.4) is 0 Å². The number of carbonyl (C=O) groups excluding carboxylic acids is 2. The van der Waals surface area contributed by atoms with Gasteiger partial charge < -0.3 is 14.5 Å². The maximum atomic E-state index is 13.0. The van der Waals surface area contributed by atoms with Crippen LogP contribution in [0.2, 0.25) is 0 Å². The summed E-state index contributed by atoms with van der Waals surface area (Å²) in [6.07, 6.45) is 0. The molecule has 1 N–H and O–H groups in total. The zero-order valence-electron chi connectivity index (χ0n) is 20.0. The molecular formula is C26H26N4O4S. The molecule has 0 saturated heterocycles. The van der Waals surface area contributed by atoms with Crippen LogP contribution < -0.4 is 9.47 Å². The van der Waals surface area contributed by atoms with Crippen molar-refractivity contribution in [3.05, 3.63) is 82.9 Å². The van der Waals surface area contributed by atoms with E-state index in [1.807, 2.05) is 59.2 Å². The Morgan fingerprint density at radius 3 is 2.31 bits per heavy atom. The molecule has 0 aliphatic rings. The minimum absolute atomic E-state index is 0.0618. The standard InChI is InChI=1S/C26H26N4O4S/c1-16-24(18(3)31)17(2)27-25(16)22(32)15-35-26-29-28-23(30(26)19-8-6-5-7-9-19)14-34-21-12-10-20(33-4)11-13-21/h5-13,27H,14-15H2,1-4H3. The lowest BCUT2D eigenvalue weighted by atomic mass is 10.1. The first kappa shape index (κ1) is 24.3. The largest absolute Gasteiger partial charge is 0.497 e. The van der Waals surface area contributed by atoms with Crippen LogP contribution >= 0.6 is 11.8 Å². The minimum atomic E-state index is -0.109. The Kier molecular flexibility index (Phi) is 7.36. The number of nitrogens with zero attached hydrogens (tertiary/aromatic N) is 3. The number of nitrogens with one attached hydrogen (secondary N) is 1. The molecule has 0 fully saturated rings. The van der Waals surface area contributed by atoms with Crippen molar-refractivity contribution in [1.29, 1.82) is 0 Å². The highest BCUT2D eigenvalue weighted by molar-refractivity contribution is 7.99. The van der Waals surface area contributed by atoms with Crippen molar-refractivity contribution in [2.24, 2.45) is 0 Å². The predicted molar refractivity (Wildman–Crippen MR) is 134 cm³/mol. The Morgan fingerprint density at radius 2 is 1.69 bits per heavy atom. The van der Waals surface area contributed by atoms with Gasteiger partial charge in [-0.3, -0.25) is 14.2 Å². The average molecular weight is 491 g/mol. The van der Waals surface area contributed by atoms with Crippen LogP contribution in [-0.4, -0.2) is 44.2 Å². The third kappa shape index (κ3) is 5.30. The second-order valence-corrected chi connectivity index (χ2v) is 8.87. The monoisotopic (exact) mass is 490 g/mol. The van der Waals surface area contributed by atoms with Crippen molar-refractivity contribution in [2.75, 3.05) is 12.9 Å². The van der Waals surface area contributed by atoms with Crippen LogP contribution in [0.15, 0.2) is 59.8 Å². The Labute approximate surface area is 207 Å². The van der Waals surface area contributed by atoms with E-state index in [-0.39, 0.29) is 23.9 Å². The minimum Gasteiger partial charge on any atom is -0.497 e. The lowest BCUT2D eigenvalue weighted by molar-refractivity contribution is 0.101.